The number of carbonyl (C=O) groups excluding carboxylic acids is 2. The molecule has 0 bridgehead atoms. The van der Waals surface area contributed by atoms with E-state index < -0.39 is 11.9 Å². The fourth-order valence-corrected chi connectivity index (χ4v) is 2.80. The van der Waals surface area contributed by atoms with Crippen molar-refractivity contribution in [2.24, 2.45) is 11.3 Å². The average molecular weight is 348 g/mol. The lowest BCUT2D eigenvalue weighted by atomic mass is 9.83. The number of rotatable bonds is 6. The Labute approximate surface area is 152 Å². The molecule has 1 unspecified atom stereocenters. The van der Waals surface area contributed by atoms with Gasteiger partial charge in [0.25, 0.3) is 0 Å². The quantitative estimate of drug-likeness (QED) is 0.513. The standard InChI is InChI=1S/C21H32O4/c1-14(9-8-10-15(2)21(3,4)5)16-11-12-17(19(22)24-6)18(13-16)20(23)25-7/h10-11,14H,8-9,12-13H2,1-7H3/b15-10+. The summed E-state index contributed by atoms with van der Waals surface area (Å²) >= 11 is 0. The molecule has 0 spiro atoms. The highest BCUT2D eigenvalue weighted by atomic mass is 16.5. The summed E-state index contributed by atoms with van der Waals surface area (Å²) in [7, 11) is 2.67. The summed E-state index contributed by atoms with van der Waals surface area (Å²) in [5.74, 6) is -0.545. The van der Waals surface area contributed by atoms with E-state index in [0.717, 1.165) is 12.8 Å². The third-order valence-electron chi connectivity index (χ3n) is 5.04. The highest BCUT2D eigenvalue weighted by Crippen LogP contribution is 2.33. The van der Waals surface area contributed by atoms with Crippen molar-refractivity contribution in [1.82, 2.24) is 0 Å². The van der Waals surface area contributed by atoms with Crippen LogP contribution in [0.25, 0.3) is 0 Å². The van der Waals surface area contributed by atoms with Crippen LogP contribution in [0.5, 0.6) is 0 Å². The average Bonchev–Trinajstić information content (AvgIpc) is 2.58. The fraction of sp³-hybridized carbons (Fsp3) is 0.619. The van der Waals surface area contributed by atoms with Crippen molar-refractivity contribution in [2.75, 3.05) is 14.2 Å². The third-order valence-corrected chi connectivity index (χ3v) is 5.04. The normalized spacial score (nSPS) is 17.1. The van der Waals surface area contributed by atoms with Crippen molar-refractivity contribution in [3.63, 3.8) is 0 Å². The molecule has 1 aliphatic rings. The molecule has 1 aliphatic carbocycles. The first kappa shape index (κ1) is 21.2. The second kappa shape index (κ2) is 9.02. The van der Waals surface area contributed by atoms with Crippen molar-refractivity contribution in [2.45, 2.75) is 60.3 Å². The molecular formula is C21H32O4. The van der Waals surface area contributed by atoms with Gasteiger partial charge in [-0.15, -0.1) is 0 Å². The smallest absolute Gasteiger partial charge is 0.334 e. The Balaban J connectivity index is 2.80. The van der Waals surface area contributed by atoms with Crippen LogP contribution >= 0.6 is 0 Å². The van der Waals surface area contributed by atoms with Crippen LogP contribution in [0.3, 0.4) is 0 Å². The molecular weight excluding hydrogens is 316 g/mol. The van der Waals surface area contributed by atoms with Crippen LogP contribution < -0.4 is 0 Å². The second-order valence-corrected chi connectivity index (χ2v) is 7.72. The van der Waals surface area contributed by atoms with E-state index >= 15 is 0 Å². The summed E-state index contributed by atoms with van der Waals surface area (Å²) < 4.78 is 9.64. The maximum Gasteiger partial charge on any atom is 0.334 e. The van der Waals surface area contributed by atoms with Gasteiger partial charge in [-0.25, -0.2) is 9.59 Å². The Morgan fingerprint density at radius 3 is 2.24 bits per heavy atom. The van der Waals surface area contributed by atoms with E-state index in [1.54, 1.807) is 0 Å². The van der Waals surface area contributed by atoms with E-state index in [0.29, 0.717) is 29.9 Å². The summed E-state index contributed by atoms with van der Waals surface area (Å²) in [6.07, 6.45) is 7.26. The van der Waals surface area contributed by atoms with Gasteiger partial charge in [-0.3, -0.25) is 0 Å². The highest BCUT2D eigenvalue weighted by Gasteiger charge is 2.27. The molecule has 0 N–H and O–H groups in total. The number of hydrogen-bond donors (Lipinski definition) is 0. The molecule has 0 aromatic rings. The van der Waals surface area contributed by atoms with Crippen LogP contribution in [0, 0.1) is 11.3 Å². The predicted octanol–water partition coefficient (Wildman–Crippen LogP) is 4.76. The van der Waals surface area contributed by atoms with E-state index in [9.17, 15) is 9.59 Å². The van der Waals surface area contributed by atoms with Gasteiger partial charge in [0.2, 0.25) is 0 Å². The van der Waals surface area contributed by atoms with E-state index in [2.05, 4.69) is 46.8 Å². The van der Waals surface area contributed by atoms with Crippen molar-refractivity contribution in [3.8, 4) is 0 Å². The Bertz CT molecular complexity index is 600. The first-order valence-electron chi connectivity index (χ1n) is 8.86. The molecule has 0 aromatic heterocycles. The number of methoxy groups -OCH3 is 2. The molecule has 1 rings (SSSR count). The van der Waals surface area contributed by atoms with Crippen LogP contribution in [-0.4, -0.2) is 26.2 Å². The van der Waals surface area contributed by atoms with Crippen LogP contribution in [0.1, 0.15) is 60.3 Å². The zero-order valence-corrected chi connectivity index (χ0v) is 16.7. The van der Waals surface area contributed by atoms with Crippen molar-refractivity contribution < 1.29 is 19.1 Å². The number of ether oxygens (including phenoxy) is 2. The maximum atomic E-state index is 12.1. The van der Waals surface area contributed by atoms with Crippen LogP contribution in [0.4, 0.5) is 0 Å². The topological polar surface area (TPSA) is 52.6 Å². The molecule has 0 saturated carbocycles. The zero-order chi connectivity index (χ0) is 19.2. The summed E-state index contributed by atoms with van der Waals surface area (Å²) in [5, 5.41) is 0. The van der Waals surface area contributed by atoms with Crippen molar-refractivity contribution >= 4 is 11.9 Å². The first-order valence-corrected chi connectivity index (χ1v) is 8.86. The number of allylic oxidation sites excluding steroid dienone is 4. The van der Waals surface area contributed by atoms with E-state index in [1.165, 1.54) is 25.4 Å². The molecule has 0 aromatic carbocycles. The maximum absolute atomic E-state index is 12.1. The molecule has 0 heterocycles. The molecule has 4 heteroatoms. The summed E-state index contributed by atoms with van der Waals surface area (Å²) in [5.41, 5.74) is 3.62. The molecule has 140 valence electrons. The predicted molar refractivity (Wildman–Crippen MR) is 100.0 cm³/mol. The van der Waals surface area contributed by atoms with Gasteiger partial charge in [0.15, 0.2) is 0 Å². The summed E-state index contributed by atoms with van der Waals surface area (Å²) in [4.78, 5) is 23.9. The minimum atomic E-state index is -0.452. The lowest BCUT2D eigenvalue weighted by Crippen LogP contribution is -2.19. The fourth-order valence-electron chi connectivity index (χ4n) is 2.80. The largest absolute Gasteiger partial charge is 0.466 e. The van der Waals surface area contributed by atoms with Gasteiger partial charge in [0.05, 0.1) is 25.4 Å². The summed E-state index contributed by atoms with van der Waals surface area (Å²) in [6.45, 7) is 11.0. The number of carbonyl (C=O) groups is 2. The van der Waals surface area contributed by atoms with Gasteiger partial charge in [-0.1, -0.05) is 51.0 Å². The highest BCUT2D eigenvalue weighted by molar-refractivity contribution is 6.01. The minimum Gasteiger partial charge on any atom is -0.466 e. The lowest BCUT2D eigenvalue weighted by Gasteiger charge is -2.23. The van der Waals surface area contributed by atoms with Crippen molar-refractivity contribution in [3.05, 3.63) is 34.4 Å². The van der Waals surface area contributed by atoms with Gasteiger partial charge < -0.3 is 9.47 Å². The Hall–Kier alpha value is -1.84. The monoisotopic (exact) mass is 348 g/mol. The Kier molecular flexibility index (Phi) is 7.65. The number of esters is 2. The Morgan fingerprint density at radius 2 is 1.72 bits per heavy atom. The second-order valence-electron chi connectivity index (χ2n) is 7.72. The molecule has 0 aliphatic heterocycles. The molecule has 0 radical (unpaired) electrons. The SMILES string of the molecule is COC(=O)C1=C(C(=O)OC)CC(C(C)CC/C=C(\C)C(C)(C)C)=CC1. The lowest BCUT2D eigenvalue weighted by molar-refractivity contribution is -0.139. The molecule has 0 saturated heterocycles. The zero-order valence-electron chi connectivity index (χ0n) is 16.7. The van der Waals surface area contributed by atoms with Gasteiger partial charge in [0, 0.05) is 6.42 Å². The van der Waals surface area contributed by atoms with E-state index in [4.69, 9.17) is 9.47 Å². The third kappa shape index (κ3) is 5.87. The van der Waals surface area contributed by atoms with Crippen LogP contribution in [0.2, 0.25) is 0 Å². The first-order chi connectivity index (χ1) is 11.6. The Morgan fingerprint density at radius 1 is 1.16 bits per heavy atom. The molecule has 1 atom stereocenters. The van der Waals surface area contributed by atoms with Gasteiger partial charge in [0.1, 0.15) is 0 Å². The van der Waals surface area contributed by atoms with E-state index in [1.807, 2.05) is 0 Å². The molecule has 0 fully saturated rings. The molecule has 25 heavy (non-hydrogen) atoms. The number of hydrogen-bond acceptors (Lipinski definition) is 4. The minimum absolute atomic E-state index is 0.198. The van der Waals surface area contributed by atoms with Crippen LogP contribution in [0.15, 0.2) is 34.4 Å². The van der Waals surface area contributed by atoms with Crippen LogP contribution in [-0.2, 0) is 19.1 Å². The van der Waals surface area contributed by atoms with Crippen molar-refractivity contribution in [1.29, 1.82) is 0 Å². The van der Waals surface area contributed by atoms with Gasteiger partial charge >= 0.3 is 11.9 Å². The van der Waals surface area contributed by atoms with E-state index in [-0.39, 0.29) is 5.41 Å². The van der Waals surface area contributed by atoms with Gasteiger partial charge in [-0.05, 0) is 37.5 Å². The molecule has 0 amide bonds. The summed E-state index contributed by atoms with van der Waals surface area (Å²) in [6, 6.07) is 0. The van der Waals surface area contributed by atoms with Gasteiger partial charge in [-0.2, -0.15) is 0 Å². The molecule has 4 nitrogen and oxygen atoms in total.